The standard InChI is InChI=1S/C8H9IN2O2/c9-6-7(12)10-4-11-8(6)13-5-2-1-3-5/h4-5H,1-3H2,(H,10,11,12). The predicted molar refractivity (Wildman–Crippen MR) is 55.8 cm³/mol. The van der Waals surface area contributed by atoms with Gasteiger partial charge in [0.05, 0.1) is 6.33 Å². The Kier molecular flexibility index (Phi) is 2.52. The zero-order valence-electron chi connectivity index (χ0n) is 6.92. The molecule has 4 nitrogen and oxygen atoms in total. The third-order valence-electron chi connectivity index (χ3n) is 2.10. The number of nitrogens with zero attached hydrogens (tertiary/aromatic N) is 1. The average molecular weight is 292 g/mol. The largest absolute Gasteiger partial charge is 0.473 e. The van der Waals surface area contributed by atoms with E-state index in [4.69, 9.17) is 4.74 Å². The van der Waals surface area contributed by atoms with Crippen LogP contribution in [0.15, 0.2) is 11.1 Å². The fourth-order valence-corrected chi connectivity index (χ4v) is 1.52. The van der Waals surface area contributed by atoms with Crippen molar-refractivity contribution in [2.45, 2.75) is 25.4 Å². The first-order valence-corrected chi connectivity index (χ1v) is 5.25. The summed E-state index contributed by atoms with van der Waals surface area (Å²) >= 11 is 1.95. The molecule has 0 aromatic carbocycles. The van der Waals surface area contributed by atoms with Crippen LogP contribution in [-0.2, 0) is 0 Å². The molecule has 1 aliphatic carbocycles. The van der Waals surface area contributed by atoms with E-state index in [-0.39, 0.29) is 11.7 Å². The van der Waals surface area contributed by atoms with Crippen molar-refractivity contribution in [1.29, 1.82) is 0 Å². The second-order valence-corrected chi connectivity index (χ2v) is 4.10. The summed E-state index contributed by atoms with van der Waals surface area (Å²) in [5.41, 5.74) is -0.134. The summed E-state index contributed by atoms with van der Waals surface area (Å²) < 4.78 is 6.06. The number of ether oxygens (including phenoxy) is 1. The van der Waals surface area contributed by atoms with Crippen molar-refractivity contribution in [1.82, 2.24) is 9.97 Å². The van der Waals surface area contributed by atoms with Gasteiger partial charge >= 0.3 is 0 Å². The first-order valence-electron chi connectivity index (χ1n) is 4.17. The molecular weight excluding hydrogens is 283 g/mol. The van der Waals surface area contributed by atoms with Gasteiger partial charge in [-0.3, -0.25) is 4.79 Å². The summed E-state index contributed by atoms with van der Waals surface area (Å²) in [6.07, 6.45) is 5.00. The molecule has 0 bridgehead atoms. The van der Waals surface area contributed by atoms with Crippen LogP contribution in [0.4, 0.5) is 0 Å². The maximum Gasteiger partial charge on any atom is 0.268 e. The first kappa shape index (κ1) is 8.98. The summed E-state index contributed by atoms with van der Waals surface area (Å²) in [5, 5.41) is 0. The highest BCUT2D eigenvalue weighted by Gasteiger charge is 2.21. The van der Waals surface area contributed by atoms with Crippen LogP contribution in [0.5, 0.6) is 5.88 Å². The molecule has 0 radical (unpaired) electrons. The lowest BCUT2D eigenvalue weighted by atomic mass is 9.96. The van der Waals surface area contributed by atoms with Gasteiger partial charge in [-0.15, -0.1) is 0 Å². The van der Waals surface area contributed by atoms with Crippen molar-refractivity contribution in [2.75, 3.05) is 0 Å². The van der Waals surface area contributed by atoms with Gasteiger partial charge in [-0.25, -0.2) is 4.98 Å². The second-order valence-electron chi connectivity index (χ2n) is 3.02. The van der Waals surface area contributed by atoms with E-state index in [1.807, 2.05) is 22.6 Å². The summed E-state index contributed by atoms with van der Waals surface area (Å²) in [5.74, 6) is 0.467. The van der Waals surface area contributed by atoms with E-state index in [9.17, 15) is 4.79 Å². The molecule has 0 saturated heterocycles. The zero-order chi connectivity index (χ0) is 9.26. The highest BCUT2D eigenvalue weighted by atomic mass is 127. The van der Waals surface area contributed by atoms with Crippen LogP contribution in [0.25, 0.3) is 0 Å². The molecule has 5 heteroatoms. The zero-order valence-corrected chi connectivity index (χ0v) is 9.08. The van der Waals surface area contributed by atoms with E-state index in [2.05, 4.69) is 9.97 Å². The third kappa shape index (κ3) is 1.84. The number of hydrogen-bond acceptors (Lipinski definition) is 3. The SMILES string of the molecule is O=c1[nH]cnc(OC2CCC2)c1I. The Morgan fingerprint density at radius 1 is 1.62 bits per heavy atom. The lowest BCUT2D eigenvalue weighted by Crippen LogP contribution is -2.26. The molecule has 2 rings (SSSR count). The molecule has 1 aliphatic rings. The van der Waals surface area contributed by atoms with Crippen LogP contribution >= 0.6 is 22.6 Å². The monoisotopic (exact) mass is 292 g/mol. The summed E-state index contributed by atoms with van der Waals surface area (Å²) in [6.45, 7) is 0. The van der Waals surface area contributed by atoms with Crippen molar-refractivity contribution in [3.8, 4) is 5.88 Å². The van der Waals surface area contributed by atoms with E-state index in [0.717, 1.165) is 12.8 Å². The number of rotatable bonds is 2. The van der Waals surface area contributed by atoms with Crippen LogP contribution in [0.1, 0.15) is 19.3 Å². The van der Waals surface area contributed by atoms with E-state index < -0.39 is 0 Å². The van der Waals surface area contributed by atoms with Crippen molar-refractivity contribution in [2.24, 2.45) is 0 Å². The van der Waals surface area contributed by atoms with Gasteiger partial charge in [0.25, 0.3) is 5.56 Å². The van der Waals surface area contributed by atoms with Crippen LogP contribution in [0.2, 0.25) is 0 Å². The Balaban J connectivity index is 2.19. The van der Waals surface area contributed by atoms with E-state index in [0.29, 0.717) is 9.45 Å². The van der Waals surface area contributed by atoms with Gasteiger partial charge in [-0.2, -0.15) is 0 Å². The minimum absolute atomic E-state index is 0.134. The molecule has 0 amide bonds. The maximum atomic E-state index is 11.1. The minimum atomic E-state index is -0.134. The number of aromatic nitrogens is 2. The highest BCUT2D eigenvalue weighted by molar-refractivity contribution is 14.1. The molecule has 1 fully saturated rings. The molecule has 1 aromatic rings. The first-order chi connectivity index (χ1) is 6.27. The molecule has 1 aromatic heterocycles. The minimum Gasteiger partial charge on any atom is -0.473 e. The Labute approximate surface area is 88.9 Å². The fourth-order valence-electron chi connectivity index (χ4n) is 1.10. The highest BCUT2D eigenvalue weighted by Crippen LogP contribution is 2.24. The Morgan fingerprint density at radius 2 is 2.38 bits per heavy atom. The van der Waals surface area contributed by atoms with Gasteiger partial charge in [0.1, 0.15) is 9.67 Å². The van der Waals surface area contributed by atoms with Crippen molar-refractivity contribution in [3.63, 3.8) is 0 Å². The van der Waals surface area contributed by atoms with E-state index >= 15 is 0 Å². The van der Waals surface area contributed by atoms with Gasteiger partial charge in [-0.1, -0.05) is 0 Å². The smallest absolute Gasteiger partial charge is 0.268 e. The lowest BCUT2D eigenvalue weighted by Gasteiger charge is -2.25. The number of nitrogens with one attached hydrogen (secondary N) is 1. The molecule has 13 heavy (non-hydrogen) atoms. The molecule has 0 atom stereocenters. The molecule has 70 valence electrons. The average Bonchev–Trinajstić information content (AvgIpc) is 2.04. The van der Waals surface area contributed by atoms with Gasteiger partial charge in [0.2, 0.25) is 5.88 Å². The van der Waals surface area contributed by atoms with Gasteiger partial charge in [0, 0.05) is 0 Å². The van der Waals surface area contributed by atoms with Crippen molar-refractivity contribution >= 4 is 22.6 Å². The van der Waals surface area contributed by atoms with Gasteiger partial charge in [0.15, 0.2) is 0 Å². The molecule has 1 N–H and O–H groups in total. The fraction of sp³-hybridized carbons (Fsp3) is 0.500. The molecule has 0 spiro atoms. The van der Waals surface area contributed by atoms with E-state index in [1.54, 1.807) is 0 Å². The number of H-pyrrole nitrogens is 1. The maximum absolute atomic E-state index is 11.1. The molecule has 0 aliphatic heterocycles. The summed E-state index contributed by atoms with van der Waals surface area (Å²) in [7, 11) is 0. The molecular formula is C8H9IN2O2. The Bertz CT molecular complexity index is 359. The number of halogens is 1. The van der Waals surface area contributed by atoms with Crippen molar-refractivity contribution < 1.29 is 4.74 Å². The second kappa shape index (κ2) is 3.65. The predicted octanol–water partition coefficient (Wildman–Crippen LogP) is 1.31. The van der Waals surface area contributed by atoms with Gasteiger partial charge in [-0.05, 0) is 41.9 Å². The quantitative estimate of drug-likeness (QED) is 0.836. The Hall–Kier alpha value is -0.590. The van der Waals surface area contributed by atoms with Crippen LogP contribution in [-0.4, -0.2) is 16.1 Å². The third-order valence-corrected chi connectivity index (χ3v) is 3.05. The van der Waals surface area contributed by atoms with E-state index in [1.165, 1.54) is 12.7 Å². The normalized spacial score (nSPS) is 16.7. The topological polar surface area (TPSA) is 55.0 Å². The lowest BCUT2D eigenvalue weighted by molar-refractivity contribution is 0.113. The molecule has 1 saturated carbocycles. The number of hydrogen-bond donors (Lipinski definition) is 1. The summed E-state index contributed by atoms with van der Waals surface area (Å²) in [6, 6.07) is 0. The van der Waals surface area contributed by atoms with Gasteiger partial charge < -0.3 is 9.72 Å². The molecule has 0 unspecified atom stereocenters. The van der Waals surface area contributed by atoms with Crippen LogP contribution in [0, 0.1) is 3.57 Å². The molecule has 1 heterocycles. The Morgan fingerprint density at radius 3 is 3.00 bits per heavy atom. The number of aromatic amines is 1. The summed E-state index contributed by atoms with van der Waals surface area (Å²) in [4.78, 5) is 17.6. The van der Waals surface area contributed by atoms with Crippen molar-refractivity contribution in [3.05, 3.63) is 20.3 Å². The van der Waals surface area contributed by atoms with Crippen LogP contribution < -0.4 is 10.3 Å². The van der Waals surface area contributed by atoms with Crippen LogP contribution in [0.3, 0.4) is 0 Å².